The lowest BCUT2D eigenvalue weighted by molar-refractivity contribution is 0.249. The van der Waals surface area contributed by atoms with Crippen LogP contribution in [0.25, 0.3) is 4.96 Å². The number of carbonyl (C=O) groups excluding carboxylic acids is 1. The van der Waals surface area contributed by atoms with E-state index in [1.807, 2.05) is 31.3 Å². The summed E-state index contributed by atoms with van der Waals surface area (Å²) in [5, 5.41) is 9.98. The molecule has 8 heteroatoms. The van der Waals surface area contributed by atoms with Gasteiger partial charge in [-0.05, 0) is 37.7 Å². The molecule has 0 saturated carbocycles. The van der Waals surface area contributed by atoms with E-state index in [4.69, 9.17) is 0 Å². The first kappa shape index (κ1) is 18.3. The molecule has 0 spiro atoms. The topological polar surface area (TPSA) is 74.6 Å². The van der Waals surface area contributed by atoms with Gasteiger partial charge < -0.3 is 10.6 Å². The van der Waals surface area contributed by atoms with Gasteiger partial charge in [-0.15, -0.1) is 0 Å². The highest BCUT2D eigenvalue weighted by molar-refractivity contribution is 7.14. The second kappa shape index (κ2) is 8.29. The number of aromatic nitrogens is 3. The van der Waals surface area contributed by atoms with Crippen LogP contribution in [0.2, 0.25) is 0 Å². The number of carbonyl (C=O) groups is 1. The minimum absolute atomic E-state index is 0.206. The highest BCUT2D eigenvalue weighted by Crippen LogP contribution is 2.16. The van der Waals surface area contributed by atoms with E-state index in [-0.39, 0.29) is 12.1 Å². The quantitative estimate of drug-likeness (QED) is 0.665. The van der Waals surface area contributed by atoms with Crippen LogP contribution in [-0.2, 0) is 6.54 Å². The molecule has 0 fully saturated rings. The summed E-state index contributed by atoms with van der Waals surface area (Å²) in [6.07, 6.45) is 1.83. The van der Waals surface area contributed by atoms with Crippen molar-refractivity contribution in [1.82, 2.24) is 24.8 Å². The molecule has 1 aromatic carbocycles. The molecule has 138 valence electrons. The number of imidazole rings is 1. The number of hydrogen-bond acceptors (Lipinski definition) is 5. The van der Waals surface area contributed by atoms with Gasteiger partial charge in [0.05, 0.1) is 17.9 Å². The molecular weight excluding hydrogens is 348 g/mol. The monoisotopic (exact) mass is 372 g/mol. The number of nitrogens with zero attached hydrogens (tertiary/aromatic N) is 4. The number of amides is 2. The van der Waals surface area contributed by atoms with Crippen molar-refractivity contribution in [3.63, 3.8) is 0 Å². The zero-order chi connectivity index (χ0) is 18.5. The van der Waals surface area contributed by atoms with E-state index in [0.717, 1.165) is 36.0 Å². The van der Waals surface area contributed by atoms with E-state index in [1.165, 1.54) is 16.9 Å². The smallest absolute Gasteiger partial charge is 0.319 e. The van der Waals surface area contributed by atoms with Crippen LogP contribution in [0.3, 0.4) is 0 Å². The number of benzene rings is 1. The van der Waals surface area contributed by atoms with Gasteiger partial charge in [-0.1, -0.05) is 37.3 Å². The fraction of sp³-hybridized carbons (Fsp3) is 0.389. The van der Waals surface area contributed by atoms with E-state index in [2.05, 4.69) is 45.5 Å². The molecule has 1 atom stereocenters. The molecule has 0 aliphatic carbocycles. The van der Waals surface area contributed by atoms with Crippen LogP contribution in [0.5, 0.6) is 0 Å². The molecule has 0 aliphatic heterocycles. The molecule has 3 rings (SSSR count). The highest BCUT2D eigenvalue weighted by Gasteiger charge is 2.14. The Balaban J connectivity index is 1.59. The standard InChI is InChI=1S/C18H24N6OS/c1-4-23(5-2)10-14-7-6-8-15(9-14)21-17(25)20-13(3)16-11-24-18(22-16)26-12-19-24/h6-9,11-13H,4-5,10H2,1-3H3,(H2,20,21,25). The molecule has 26 heavy (non-hydrogen) atoms. The summed E-state index contributed by atoms with van der Waals surface area (Å²) in [4.78, 5) is 19.9. The number of anilines is 1. The summed E-state index contributed by atoms with van der Waals surface area (Å²) in [6, 6.07) is 7.50. The van der Waals surface area contributed by atoms with Crippen LogP contribution in [0.15, 0.2) is 36.0 Å². The predicted molar refractivity (Wildman–Crippen MR) is 105 cm³/mol. The van der Waals surface area contributed by atoms with Gasteiger partial charge in [-0.3, -0.25) is 4.90 Å². The highest BCUT2D eigenvalue weighted by atomic mass is 32.1. The van der Waals surface area contributed by atoms with Crippen molar-refractivity contribution in [2.75, 3.05) is 18.4 Å². The summed E-state index contributed by atoms with van der Waals surface area (Å²) in [7, 11) is 0. The Morgan fingerprint density at radius 2 is 2.15 bits per heavy atom. The van der Waals surface area contributed by atoms with Crippen molar-refractivity contribution in [3.8, 4) is 0 Å². The fourth-order valence-electron chi connectivity index (χ4n) is 2.75. The van der Waals surface area contributed by atoms with Gasteiger partial charge in [-0.2, -0.15) is 5.10 Å². The third kappa shape index (κ3) is 4.39. The Morgan fingerprint density at radius 1 is 1.35 bits per heavy atom. The molecule has 2 aromatic heterocycles. The number of hydrogen-bond donors (Lipinski definition) is 2. The van der Waals surface area contributed by atoms with E-state index in [0.29, 0.717) is 0 Å². The first-order chi connectivity index (χ1) is 12.6. The van der Waals surface area contributed by atoms with Crippen LogP contribution in [0.4, 0.5) is 10.5 Å². The number of fused-ring (bicyclic) bond motifs is 1. The van der Waals surface area contributed by atoms with Crippen molar-refractivity contribution in [1.29, 1.82) is 0 Å². The second-order valence-electron chi connectivity index (χ2n) is 6.11. The maximum atomic E-state index is 12.3. The molecular formula is C18H24N6OS. The molecule has 3 aromatic rings. The minimum Gasteiger partial charge on any atom is -0.330 e. The van der Waals surface area contributed by atoms with Gasteiger partial charge in [0.25, 0.3) is 0 Å². The van der Waals surface area contributed by atoms with Gasteiger partial charge in [0.2, 0.25) is 4.96 Å². The Kier molecular flexibility index (Phi) is 5.85. The molecule has 7 nitrogen and oxygen atoms in total. The number of nitrogens with one attached hydrogen (secondary N) is 2. The maximum Gasteiger partial charge on any atom is 0.319 e. The zero-order valence-electron chi connectivity index (χ0n) is 15.3. The maximum absolute atomic E-state index is 12.3. The molecule has 0 radical (unpaired) electrons. The van der Waals surface area contributed by atoms with Gasteiger partial charge in [-0.25, -0.2) is 14.3 Å². The van der Waals surface area contributed by atoms with E-state index < -0.39 is 0 Å². The lowest BCUT2D eigenvalue weighted by Crippen LogP contribution is -2.31. The number of rotatable bonds is 7. The SMILES string of the molecule is CCN(CC)Cc1cccc(NC(=O)NC(C)c2cn3ncsc3n2)c1. The van der Waals surface area contributed by atoms with Gasteiger partial charge in [0.1, 0.15) is 5.51 Å². The fourth-order valence-corrected chi connectivity index (χ4v) is 3.36. The van der Waals surface area contributed by atoms with Gasteiger partial charge in [0.15, 0.2) is 0 Å². The Bertz CT molecular complexity index is 841. The molecule has 0 saturated heterocycles. The normalized spacial score (nSPS) is 12.5. The third-order valence-electron chi connectivity index (χ3n) is 4.28. The van der Waals surface area contributed by atoms with Crippen molar-refractivity contribution >= 4 is 28.0 Å². The summed E-state index contributed by atoms with van der Waals surface area (Å²) in [5.41, 5.74) is 4.49. The van der Waals surface area contributed by atoms with E-state index in [1.54, 1.807) is 10.0 Å². The summed E-state index contributed by atoms with van der Waals surface area (Å²) < 4.78 is 1.72. The zero-order valence-corrected chi connectivity index (χ0v) is 16.1. The van der Waals surface area contributed by atoms with E-state index in [9.17, 15) is 4.79 Å². The number of urea groups is 1. The molecule has 1 unspecified atom stereocenters. The van der Waals surface area contributed by atoms with Crippen LogP contribution in [0, 0.1) is 0 Å². The third-order valence-corrected chi connectivity index (χ3v) is 4.97. The molecule has 0 bridgehead atoms. The summed E-state index contributed by atoms with van der Waals surface area (Å²) in [6.45, 7) is 9.08. The van der Waals surface area contributed by atoms with Crippen LogP contribution < -0.4 is 10.6 Å². The first-order valence-electron chi connectivity index (χ1n) is 8.76. The molecule has 2 amide bonds. The Morgan fingerprint density at radius 3 is 2.88 bits per heavy atom. The van der Waals surface area contributed by atoms with Crippen LogP contribution in [-0.4, -0.2) is 38.6 Å². The van der Waals surface area contributed by atoms with Crippen molar-refractivity contribution in [2.24, 2.45) is 0 Å². The largest absolute Gasteiger partial charge is 0.330 e. The van der Waals surface area contributed by atoms with Crippen LogP contribution >= 0.6 is 11.3 Å². The van der Waals surface area contributed by atoms with Crippen molar-refractivity contribution in [2.45, 2.75) is 33.4 Å². The lowest BCUT2D eigenvalue weighted by Gasteiger charge is -2.18. The first-order valence-corrected chi connectivity index (χ1v) is 9.64. The minimum atomic E-state index is -0.248. The Hall–Kier alpha value is -2.45. The predicted octanol–water partition coefficient (Wildman–Crippen LogP) is 3.52. The average molecular weight is 372 g/mol. The molecule has 2 N–H and O–H groups in total. The lowest BCUT2D eigenvalue weighted by atomic mass is 10.2. The average Bonchev–Trinajstić information content (AvgIpc) is 3.21. The Labute approximate surface area is 157 Å². The second-order valence-corrected chi connectivity index (χ2v) is 6.93. The summed E-state index contributed by atoms with van der Waals surface area (Å²) in [5.74, 6) is 0. The van der Waals surface area contributed by atoms with Crippen molar-refractivity contribution in [3.05, 3.63) is 47.2 Å². The molecule has 0 aliphatic rings. The molecule has 2 heterocycles. The summed E-state index contributed by atoms with van der Waals surface area (Å²) >= 11 is 1.47. The van der Waals surface area contributed by atoms with Gasteiger partial charge in [0, 0.05) is 12.2 Å². The van der Waals surface area contributed by atoms with E-state index >= 15 is 0 Å². The van der Waals surface area contributed by atoms with Gasteiger partial charge >= 0.3 is 6.03 Å². The van der Waals surface area contributed by atoms with Crippen LogP contribution in [0.1, 0.15) is 38.1 Å². The van der Waals surface area contributed by atoms with Crippen molar-refractivity contribution < 1.29 is 4.79 Å².